The molecule has 2 aromatic carbocycles. The molecule has 0 radical (unpaired) electrons. The number of aliphatic hydroxyl groups is 2. The molecule has 1 fully saturated rings. The maximum Gasteiger partial charge on any atom is 0.253 e. The molecule has 4 aliphatic rings. The number of unbranched alkanes of at least 4 members (excludes halogenated alkanes) is 3. The van der Waals surface area contributed by atoms with E-state index in [-0.39, 0.29) is 56.6 Å². The van der Waals surface area contributed by atoms with E-state index in [1.807, 2.05) is 0 Å². The summed E-state index contributed by atoms with van der Waals surface area (Å²) in [4.78, 5) is 212. The van der Waals surface area contributed by atoms with Gasteiger partial charge in [0.25, 0.3) is 11.8 Å². The number of H-pyrrole nitrogens is 1. The normalized spacial score (nSPS) is 22.7. The minimum absolute atomic E-state index is 0.0297. The van der Waals surface area contributed by atoms with Crippen LogP contribution >= 0.6 is 11.8 Å². The van der Waals surface area contributed by atoms with Crippen molar-refractivity contribution >= 4 is 117 Å². The number of ketones is 2. The maximum atomic E-state index is 15.2. The molecule has 0 spiro atoms. The third-order valence-electron chi connectivity index (χ3n) is 19.1. The molecule has 12 atom stereocenters. The minimum atomic E-state index is -1.58. The number of nitrogens with one attached hydrogen (secondary N) is 10. The van der Waals surface area contributed by atoms with Crippen molar-refractivity contribution in [2.75, 3.05) is 44.4 Å². The lowest BCUT2D eigenvalue weighted by molar-refractivity contribution is -0.145. The molecule has 5 heterocycles. The number of carbonyl (C=O) groups is 15. The number of thioether (sulfide) groups is 1. The molecule has 1 unspecified atom stereocenters. The molecule has 3 aromatic rings. The Kier molecular flexibility index (Phi) is 29.9. The number of imide groups is 1. The molecule has 32 heteroatoms. The summed E-state index contributed by atoms with van der Waals surface area (Å²) in [7, 11) is 1.46. The molecule has 31 nitrogen and oxygen atoms in total. The van der Waals surface area contributed by atoms with Crippen molar-refractivity contribution in [2.24, 2.45) is 35.3 Å². The Morgan fingerprint density at radius 2 is 1.42 bits per heavy atom. The van der Waals surface area contributed by atoms with Gasteiger partial charge in [-0.1, -0.05) is 66.0 Å². The van der Waals surface area contributed by atoms with Crippen molar-refractivity contribution in [1.82, 2.24) is 57.3 Å². The van der Waals surface area contributed by atoms with E-state index in [1.165, 1.54) is 45.2 Å². The Labute approximate surface area is 601 Å². The highest BCUT2D eigenvalue weighted by Crippen LogP contribution is 2.36. The number of rotatable bonds is 26. The van der Waals surface area contributed by atoms with Crippen LogP contribution in [0.25, 0.3) is 10.9 Å². The summed E-state index contributed by atoms with van der Waals surface area (Å²) in [6, 6.07) is 3.40. The number of nitrogens with zero attached hydrogens (tertiary/aromatic N) is 2. The van der Waals surface area contributed by atoms with Gasteiger partial charge >= 0.3 is 0 Å². The van der Waals surface area contributed by atoms with Gasteiger partial charge in [-0.05, 0) is 86.3 Å². The number of benzene rings is 2. The molecular weight excluding hydrogens is 1350 g/mol. The zero-order chi connectivity index (χ0) is 75.4. The minimum Gasteiger partial charge on any atom is -0.497 e. The SMILES string of the molecule is CC[C@H](C)[C@@H]1NC(=O)CNC(=O)[C@H]2CC(=O)[C@H]([C@@H](C)[C@H](C)O)NC(=O)C3C[C@@H](O)CN3C(=O)[C@H](CC(=O)NCc3ccc(NC(=O)[C@H](CCCCC(N)=O)NC(=O)[C@@H](NC(=O)CCCCCN4C(=O)C=CC4=O)C(C)C)cc3)CC(=O)[C@H](CSc3[nH]c4cc(OC)ccc4c3C2)NC(=O)CNC1=O. The number of amides is 13. The molecule has 1 aromatic heterocycles. The Bertz CT molecular complexity index is 3670. The second kappa shape index (κ2) is 38.1. The van der Waals surface area contributed by atoms with Crippen LogP contribution in [0, 0.1) is 29.6 Å². The fraction of sp³-hybridized carbons (Fsp3) is 0.563. The van der Waals surface area contributed by atoms with Crippen molar-refractivity contribution in [2.45, 2.75) is 191 Å². The number of anilines is 1. The van der Waals surface area contributed by atoms with E-state index in [9.17, 15) is 72.5 Å². The fourth-order valence-corrected chi connectivity index (χ4v) is 13.8. The van der Waals surface area contributed by atoms with E-state index in [0.29, 0.717) is 71.3 Å². The number of nitrogens with two attached hydrogens (primary N) is 1. The predicted octanol–water partition coefficient (Wildman–Crippen LogP) is 0.502. The predicted molar refractivity (Wildman–Crippen MR) is 376 cm³/mol. The van der Waals surface area contributed by atoms with Crippen LogP contribution in [-0.2, 0) is 84.9 Å². The largest absolute Gasteiger partial charge is 0.497 e. The molecule has 560 valence electrons. The van der Waals surface area contributed by atoms with Crippen molar-refractivity contribution < 1.29 is 86.9 Å². The molecule has 1 saturated heterocycles. The number of aromatic amines is 1. The van der Waals surface area contributed by atoms with Crippen LogP contribution in [0.4, 0.5) is 5.69 Å². The number of carbonyl (C=O) groups excluding carboxylic acids is 15. The number of fused-ring (bicyclic) bond motifs is 5. The van der Waals surface area contributed by atoms with Gasteiger partial charge < -0.3 is 78.4 Å². The highest BCUT2D eigenvalue weighted by molar-refractivity contribution is 7.99. The summed E-state index contributed by atoms with van der Waals surface area (Å²) >= 11 is 1.05. The van der Waals surface area contributed by atoms with Gasteiger partial charge in [0.15, 0.2) is 11.6 Å². The van der Waals surface area contributed by atoms with Crippen molar-refractivity contribution in [1.29, 1.82) is 0 Å². The fourth-order valence-electron chi connectivity index (χ4n) is 12.7. The van der Waals surface area contributed by atoms with Crippen LogP contribution in [0.2, 0.25) is 0 Å². The summed E-state index contributed by atoms with van der Waals surface area (Å²) < 4.78 is 5.52. The van der Waals surface area contributed by atoms with E-state index in [2.05, 4.69) is 52.8 Å². The van der Waals surface area contributed by atoms with Gasteiger partial charge in [-0.25, -0.2) is 0 Å². The lowest BCUT2D eigenvalue weighted by atomic mass is 9.86. The number of primary amides is 1. The van der Waals surface area contributed by atoms with Crippen molar-refractivity contribution in [3.63, 3.8) is 0 Å². The van der Waals surface area contributed by atoms with Gasteiger partial charge in [-0.2, -0.15) is 0 Å². The number of hydrogen-bond acceptors (Lipinski definition) is 19. The molecule has 13 amide bonds. The lowest BCUT2D eigenvalue weighted by Crippen LogP contribution is -2.56. The average Bonchev–Trinajstić information content (AvgIpc) is 1.65. The van der Waals surface area contributed by atoms with Gasteiger partial charge in [0.2, 0.25) is 65.0 Å². The molecule has 2 bridgehead atoms. The highest BCUT2D eigenvalue weighted by atomic mass is 32.2. The number of aromatic nitrogens is 1. The third-order valence-corrected chi connectivity index (χ3v) is 20.2. The monoisotopic (exact) mass is 1450 g/mol. The maximum absolute atomic E-state index is 15.2. The van der Waals surface area contributed by atoms with Gasteiger partial charge in [0, 0.05) is 105 Å². The summed E-state index contributed by atoms with van der Waals surface area (Å²) in [6.45, 7) is 8.08. The number of methoxy groups -OCH3 is 1. The van der Waals surface area contributed by atoms with Gasteiger partial charge in [-0.3, -0.25) is 76.8 Å². The average molecular weight is 1450 g/mol. The Morgan fingerprint density at radius 1 is 0.738 bits per heavy atom. The van der Waals surface area contributed by atoms with Crippen LogP contribution in [0.5, 0.6) is 5.75 Å². The Balaban J connectivity index is 1.14. The first-order valence-corrected chi connectivity index (χ1v) is 36.0. The van der Waals surface area contributed by atoms with Gasteiger partial charge in [0.1, 0.15) is 29.9 Å². The summed E-state index contributed by atoms with van der Waals surface area (Å²) in [5, 5.41) is 47.4. The highest BCUT2D eigenvalue weighted by Gasteiger charge is 2.45. The van der Waals surface area contributed by atoms with E-state index >= 15 is 9.59 Å². The van der Waals surface area contributed by atoms with Crippen molar-refractivity contribution in [3.05, 3.63) is 65.7 Å². The first-order valence-electron chi connectivity index (χ1n) is 35.0. The van der Waals surface area contributed by atoms with E-state index in [1.54, 1.807) is 58.0 Å². The van der Waals surface area contributed by atoms with Gasteiger partial charge in [-0.15, -0.1) is 11.8 Å². The smallest absolute Gasteiger partial charge is 0.253 e. The van der Waals surface area contributed by atoms with E-state index in [0.717, 1.165) is 21.6 Å². The first kappa shape index (κ1) is 80.7. The summed E-state index contributed by atoms with van der Waals surface area (Å²) in [5.41, 5.74) is 7.11. The molecular formula is C71H97N13O18S. The zero-order valence-electron chi connectivity index (χ0n) is 59.2. The van der Waals surface area contributed by atoms with Crippen LogP contribution in [0.15, 0.2) is 59.6 Å². The first-order chi connectivity index (χ1) is 48.9. The lowest BCUT2D eigenvalue weighted by Gasteiger charge is -2.32. The number of aliphatic hydroxyl groups excluding tert-OH is 2. The third kappa shape index (κ3) is 23.0. The Morgan fingerprint density at radius 3 is 2.08 bits per heavy atom. The van der Waals surface area contributed by atoms with Crippen LogP contribution in [0.1, 0.15) is 136 Å². The zero-order valence-corrected chi connectivity index (χ0v) is 60.0. The van der Waals surface area contributed by atoms with Crippen LogP contribution in [-0.4, -0.2) is 201 Å². The summed E-state index contributed by atoms with van der Waals surface area (Å²) in [6.07, 6.45) is -0.137. The van der Waals surface area contributed by atoms with Crippen molar-refractivity contribution in [3.8, 4) is 5.75 Å². The molecule has 0 aliphatic carbocycles. The summed E-state index contributed by atoms with van der Waals surface area (Å²) in [5.74, 6) is -14.9. The molecule has 4 aliphatic heterocycles. The number of hydrogen-bond donors (Lipinski definition) is 13. The second-order valence-electron chi connectivity index (χ2n) is 27.3. The quantitative estimate of drug-likeness (QED) is 0.0384. The topological polar surface area (TPSA) is 462 Å². The molecule has 103 heavy (non-hydrogen) atoms. The van der Waals surface area contributed by atoms with Gasteiger partial charge in [0.05, 0.1) is 61.0 Å². The van der Waals surface area contributed by atoms with E-state index in [4.69, 9.17) is 10.5 Å². The van der Waals surface area contributed by atoms with Crippen LogP contribution < -0.4 is 58.3 Å². The van der Waals surface area contributed by atoms with Crippen LogP contribution in [0.3, 0.4) is 0 Å². The van der Waals surface area contributed by atoms with E-state index < -0.39 is 205 Å². The standard InChI is InChI=1S/C71H97N13O18S/c1-8-38(4)63-68(99)75-33-58(92)77-51-36-103-70-48(47-22-21-46(102-7)31-50(47)79-70)26-42(65(96)74-34-59(93)81-63)27-54(88)64(39(5)40(6)85)82-67(98)52-30-45(86)35-84(52)71(101)43(28-53(51)87)29-57(91)73-32-41-17-19-44(20-18-41)76-66(97)49(14-11-12-15-55(72)89)78-69(100)62(37(2)3)80-56(90)16-10-9-13-25-83-60(94)23-24-61(83)95/h17-24,31,37-40,42-43,45,49,51-52,62-64,79,85-86H,8-16,25-30,32-36H2,1-7H3,(H2,72,89)(H,73,91)(H,74,96)(H,75,99)(H,76,97)(H,77,92)(H,78,100)(H,80,90)(H,81,93)(H,82,98)/t38-,39-,40-,42+,43-,45+,49-,51-,52?,62-,63-,64-/m0/s1. The number of Topliss-reactive ketones (excluding diaryl/α,β-unsaturated/α-hetero) is 2. The molecule has 7 rings (SSSR count). The molecule has 14 N–H and O–H groups in total. The second-order valence-corrected chi connectivity index (χ2v) is 28.3. The molecule has 0 saturated carbocycles. The number of ether oxygens (including phenoxy) is 1. The Hall–Kier alpha value is -9.56.